The van der Waals surface area contributed by atoms with Gasteiger partial charge >= 0.3 is 5.97 Å². The molecular weight excluding hydrogens is 350 g/mol. The van der Waals surface area contributed by atoms with Crippen molar-refractivity contribution in [3.05, 3.63) is 69.8 Å². The number of hydrogen-bond acceptors (Lipinski definition) is 5. The van der Waals surface area contributed by atoms with Gasteiger partial charge in [0.2, 0.25) is 5.91 Å². The lowest BCUT2D eigenvalue weighted by Gasteiger charge is -2.27. The molecule has 0 aliphatic rings. The van der Waals surface area contributed by atoms with Crippen molar-refractivity contribution in [3.8, 4) is 0 Å². The number of rotatable bonds is 8. The van der Waals surface area contributed by atoms with Crippen LogP contribution in [0.1, 0.15) is 23.6 Å². The van der Waals surface area contributed by atoms with Crippen molar-refractivity contribution >= 4 is 23.3 Å². The predicted molar refractivity (Wildman–Crippen MR) is 101 cm³/mol. The Hall–Kier alpha value is -3.26. The lowest BCUT2D eigenvalue weighted by atomic mass is 10.0. The van der Waals surface area contributed by atoms with E-state index < -0.39 is 22.8 Å². The molecular formula is C19H21N3O5. The number of carboxylic acid groups (broad SMARTS) is 1. The minimum atomic E-state index is -0.969. The van der Waals surface area contributed by atoms with Crippen LogP contribution in [0.5, 0.6) is 0 Å². The average molecular weight is 371 g/mol. The second kappa shape index (κ2) is 8.91. The number of carbonyl (C=O) groups is 2. The Morgan fingerprint density at radius 1 is 1.22 bits per heavy atom. The van der Waals surface area contributed by atoms with Crippen LogP contribution in [0.2, 0.25) is 0 Å². The van der Waals surface area contributed by atoms with Crippen molar-refractivity contribution in [1.82, 2.24) is 4.90 Å². The number of hydrogen-bond donors (Lipinski definition) is 2. The fourth-order valence-electron chi connectivity index (χ4n) is 2.74. The maximum absolute atomic E-state index is 12.9. The average Bonchev–Trinajstić information content (AvgIpc) is 2.62. The van der Waals surface area contributed by atoms with Crippen molar-refractivity contribution < 1.29 is 19.6 Å². The standard InChI is InChI=1S/C19H21N3O5/c1-13-8-9-15(16(12-13)22(26)27)20-19(25)18(14-6-4-3-5-7-14)21(2)11-10-17(23)24/h3-9,12,18H,10-11H2,1-2H3,(H,20,25)(H,23,24). The smallest absolute Gasteiger partial charge is 0.304 e. The summed E-state index contributed by atoms with van der Waals surface area (Å²) in [4.78, 5) is 36.2. The summed E-state index contributed by atoms with van der Waals surface area (Å²) >= 11 is 0. The Morgan fingerprint density at radius 3 is 2.48 bits per heavy atom. The SMILES string of the molecule is Cc1ccc(NC(=O)C(c2ccccc2)N(C)CCC(=O)O)c([N+](=O)[O-])c1. The number of benzene rings is 2. The highest BCUT2D eigenvalue weighted by atomic mass is 16.6. The number of aryl methyl sites for hydroxylation is 1. The highest BCUT2D eigenvalue weighted by Gasteiger charge is 2.27. The van der Waals surface area contributed by atoms with Gasteiger partial charge in [0.25, 0.3) is 5.69 Å². The lowest BCUT2D eigenvalue weighted by molar-refractivity contribution is -0.384. The first-order valence-corrected chi connectivity index (χ1v) is 8.32. The second-order valence-electron chi connectivity index (χ2n) is 6.20. The molecule has 2 rings (SSSR count). The molecule has 0 saturated heterocycles. The van der Waals surface area contributed by atoms with E-state index in [-0.39, 0.29) is 24.3 Å². The Bertz CT molecular complexity index is 838. The maximum Gasteiger partial charge on any atom is 0.304 e. The summed E-state index contributed by atoms with van der Waals surface area (Å²) in [5.74, 6) is -1.44. The van der Waals surface area contributed by atoms with Crippen LogP contribution >= 0.6 is 0 Å². The summed E-state index contributed by atoms with van der Waals surface area (Å²) in [5.41, 5.74) is 1.28. The van der Waals surface area contributed by atoms with Crippen molar-refractivity contribution in [2.24, 2.45) is 0 Å². The third-order valence-corrected chi connectivity index (χ3v) is 4.09. The maximum atomic E-state index is 12.9. The molecule has 0 radical (unpaired) electrons. The van der Waals surface area contributed by atoms with E-state index in [1.54, 1.807) is 55.3 Å². The van der Waals surface area contributed by atoms with Crippen LogP contribution < -0.4 is 5.32 Å². The molecule has 142 valence electrons. The second-order valence-corrected chi connectivity index (χ2v) is 6.20. The molecule has 0 fully saturated rings. The van der Waals surface area contributed by atoms with E-state index in [1.165, 1.54) is 12.1 Å². The molecule has 0 bridgehead atoms. The summed E-state index contributed by atoms with van der Waals surface area (Å²) in [6.45, 7) is 1.88. The van der Waals surface area contributed by atoms with Gasteiger partial charge in [0.1, 0.15) is 11.7 Å². The molecule has 0 aliphatic heterocycles. The van der Waals surface area contributed by atoms with E-state index in [0.29, 0.717) is 11.1 Å². The molecule has 8 heteroatoms. The van der Waals surface area contributed by atoms with Crippen molar-refractivity contribution in [1.29, 1.82) is 0 Å². The van der Waals surface area contributed by atoms with Crippen LogP contribution in [-0.4, -0.2) is 40.4 Å². The third-order valence-electron chi connectivity index (χ3n) is 4.09. The molecule has 1 atom stereocenters. The van der Waals surface area contributed by atoms with E-state index >= 15 is 0 Å². The molecule has 0 aliphatic carbocycles. The first-order chi connectivity index (χ1) is 12.8. The Morgan fingerprint density at radius 2 is 1.89 bits per heavy atom. The number of nitrogens with zero attached hydrogens (tertiary/aromatic N) is 2. The molecule has 0 heterocycles. The monoisotopic (exact) mass is 371 g/mol. The van der Waals surface area contributed by atoms with Crippen molar-refractivity contribution in [3.63, 3.8) is 0 Å². The molecule has 27 heavy (non-hydrogen) atoms. The summed E-state index contributed by atoms with van der Waals surface area (Å²) < 4.78 is 0. The number of amides is 1. The number of nitrogens with one attached hydrogen (secondary N) is 1. The number of anilines is 1. The van der Waals surface area contributed by atoms with E-state index in [2.05, 4.69) is 5.32 Å². The molecule has 1 amide bonds. The van der Waals surface area contributed by atoms with Gasteiger partial charge < -0.3 is 10.4 Å². The number of likely N-dealkylation sites (N-methyl/N-ethyl adjacent to an activating group) is 1. The number of nitro groups is 1. The number of aliphatic carboxylic acids is 1. The lowest BCUT2D eigenvalue weighted by Crippen LogP contribution is -2.36. The van der Waals surface area contributed by atoms with Gasteiger partial charge in [0.05, 0.1) is 11.3 Å². The molecule has 0 aromatic heterocycles. The van der Waals surface area contributed by atoms with E-state index in [4.69, 9.17) is 5.11 Å². The molecule has 2 aromatic carbocycles. The molecule has 2 N–H and O–H groups in total. The summed E-state index contributed by atoms with van der Waals surface area (Å²) in [6.07, 6.45) is -0.127. The van der Waals surface area contributed by atoms with E-state index in [1.807, 2.05) is 0 Å². The number of nitro benzene ring substituents is 1. The van der Waals surface area contributed by atoms with E-state index in [0.717, 1.165) is 0 Å². The largest absolute Gasteiger partial charge is 0.481 e. The Kier molecular flexibility index (Phi) is 6.62. The van der Waals surface area contributed by atoms with Crippen molar-refractivity contribution in [2.45, 2.75) is 19.4 Å². The normalized spacial score (nSPS) is 11.8. The van der Waals surface area contributed by atoms with Gasteiger partial charge in [-0.05, 0) is 31.2 Å². The molecule has 8 nitrogen and oxygen atoms in total. The van der Waals surface area contributed by atoms with Gasteiger partial charge in [0.15, 0.2) is 0 Å². The zero-order valence-electron chi connectivity index (χ0n) is 15.1. The third kappa shape index (κ3) is 5.35. The minimum Gasteiger partial charge on any atom is -0.481 e. The topological polar surface area (TPSA) is 113 Å². The summed E-state index contributed by atoms with van der Waals surface area (Å²) in [5, 5.41) is 22.8. The zero-order chi connectivity index (χ0) is 20.0. The fourth-order valence-corrected chi connectivity index (χ4v) is 2.74. The van der Waals surface area contributed by atoms with Crippen LogP contribution in [0.25, 0.3) is 0 Å². The van der Waals surface area contributed by atoms with Gasteiger partial charge in [-0.1, -0.05) is 36.4 Å². The predicted octanol–water partition coefficient (Wildman–Crippen LogP) is 2.99. The van der Waals surface area contributed by atoms with Crippen LogP contribution in [0, 0.1) is 17.0 Å². The molecule has 0 spiro atoms. The van der Waals surface area contributed by atoms with E-state index in [9.17, 15) is 19.7 Å². The summed E-state index contributed by atoms with van der Waals surface area (Å²) in [7, 11) is 1.64. The van der Waals surface area contributed by atoms with Crippen molar-refractivity contribution in [2.75, 3.05) is 18.9 Å². The zero-order valence-corrected chi connectivity index (χ0v) is 15.1. The van der Waals surface area contributed by atoms with Gasteiger partial charge in [-0.2, -0.15) is 0 Å². The highest BCUT2D eigenvalue weighted by molar-refractivity contribution is 5.97. The van der Waals surface area contributed by atoms with Crippen LogP contribution in [0.3, 0.4) is 0 Å². The van der Waals surface area contributed by atoms with Crippen LogP contribution in [0.4, 0.5) is 11.4 Å². The summed E-state index contributed by atoms with van der Waals surface area (Å²) in [6, 6.07) is 12.6. The molecule has 2 aromatic rings. The van der Waals surface area contributed by atoms with Gasteiger partial charge in [0, 0.05) is 12.6 Å². The highest BCUT2D eigenvalue weighted by Crippen LogP contribution is 2.28. The quantitative estimate of drug-likeness (QED) is 0.545. The molecule has 0 saturated carbocycles. The van der Waals surface area contributed by atoms with Crippen LogP contribution in [0.15, 0.2) is 48.5 Å². The molecule has 1 unspecified atom stereocenters. The number of carbonyl (C=O) groups excluding carboxylic acids is 1. The Balaban J connectivity index is 2.32. The van der Waals surface area contributed by atoms with Crippen LogP contribution in [-0.2, 0) is 9.59 Å². The minimum absolute atomic E-state index is 0.100. The first kappa shape index (κ1) is 20.1. The first-order valence-electron chi connectivity index (χ1n) is 8.32. The Labute approximate surface area is 156 Å². The number of carboxylic acids is 1. The van der Waals surface area contributed by atoms with Gasteiger partial charge in [-0.3, -0.25) is 24.6 Å². The van der Waals surface area contributed by atoms with Gasteiger partial charge in [-0.25, -0.2) is 0 Å². The fraction of sp³-hybridized carbons (Fsp3) is 0.263. The van der Waals surface area contributed by atoms with Gasteiger partial charge in [-0.15, -0.1) is 0 Å².